The van der Waals surface area contributed by atoms with Gasteiger partial charge in [-0.3, -0.25) is 14.4 Å². The molecule has 90 valence electrons. The Bertz CT molecular complexity index is 570. The zero-order valence-corrected chi connectivity index (χ0v) is 10.9. The first-order valence-corrected chi connectivity index (χ1v) is 6.11. The third kappa shape index (κ3) is 2.54. The SMILES string of the molecule is O=C(C=Cc1ccccc1)C1C(=O)C=C(Br)C1=O. The molecule has 0 amide bonds. The smallest absolute Gasteiger partial charge is 0.188 e. The average molecular weight is 305 g/mol. The van der Waals surface area contributed by atoms with Crippen LogP contribution in [0.1, 0.15) is 5.56 Å². The van der Waals surface area contributed by atoms with Crippen LogP contribution in [0.3, 0.4) is 0 Å². The number of ketones is 3. The van der Waals surface area contributed by atoms with Crippen LogP contribution in [-0.4, -0.2) is 17.3 Å². The molecular formula is C14H9BrO3. The second-order valence-corrected chi connectivity index (χ2v) is 4.69. The monoisotopic (exact) mass is 304 g/mol. The molecule has 1 aliphatic rings. The summed E-state index contributed by atoms with van der Waals surface area (Å²) in [6.45, 7) is 0. The average Bonchev–Trinajstić information content (AvgIpc) is 2.62. The van der Waals surface area contributed by atoms with E-state index in [0.717, 1.165) is 11.6 Å². The van der Waals surface area contributed by atoms with E-state index in [1.54, 1.807) is 6.08 Å². The molecule has 0 radical (unpaired) electrons. The lowest BCUT2D eigenvalue weighted by molar-refractivity contribution is -0.132. The second-order valence-electron chi connectivity index (χ2n) is 3.84. The van der Waals surface area contributed by atoms with E-state index in [0.29, 0.717) is 0 Å². The van der Waals surface area contributed by atoms with Crippen LogP contribution in [-0.2, 0) is 14.4 Å². The van der Waals surface area contributed by atoms with Crippen LogP contribution >= 0.6 is 15.9 Å². The molecule has 2 rings (SSSR count). The van der Waals surface area contributed by atoms with Crippen molar-refractivity contribution in [2.75, 3.05) is 0 Å². The predicted molar refractivity (Wildman–Crippen MR) is 71.0 cm³/mol. The minimum absolute atomic E-state index is 0.166. The van der Waals surface area contributed by atoms with Crippen LogP contribution in [0.15, 0.2) is 47.0 Å². The normalized spacial score (nSPS) is 19.4. The molecule has 1 atom stereocenters. The summed E-state index contributed by atoms with van der Waals surface area (Å²) in [6.07, 6.45) is 4.02. The topological polar surface area (TPSA) is 51.2 Å². The van der Waals surface area contributed by atoms with Crippen LogP contribution in [0.5, 0.6) is 0 Å². The van der Waals surface area contributed by atoms with E-state index in [4.69, 9.17) is 0 Å². The minimum Gasteiger partial charge on any atom is -0.294 e. The number of halogens is 1. The molecule has 0 saturated heterocycles. The summed E-state index contributed by atoms with van der Waals surface area (Å²) in [4.78, 5) is 34.8. The highest BCUT2D eigenvalue weighted by Crippen LogP contribution is 2.23. The molecule has 0 N–H and O–H groups in total. The first kappa shape index (κ1) is 12.6. The van der Waals surface area contributed by atoms with Crippen molar-refractivity contribution < 1.29 is 14.4 Å². The number of allylic oxidation sites excluding steroid dienone is 3. The Morgan fingerprint density at radius 3 is 2.39 bits per heavy atom. The van der Waals surface area contributed by atoms with Gasteiger partial charge in [0.25, 0.3) is 0 Å². The van der Waals surface area contributed by atoms with Gasteiger partial charge in [0, 0.05) is 6.08 Å². The van der Waals surface area contributed by atoms with Gasteiger partial charge in [-0.25, -0.2) is 0 Å². The van der Waals surface area contributed by atoms with Crippen LogP contribution < -0.4 is 0 Å². The van der Waals surface area contributed by atoms with Crippen molar-refractivity contribution in [3.63, 3.8) is 0 Å². The van der Waals surface area contributed by atoms with E-state index < -0.39 is 23.3 Å². The summed E-state index contributed by atoms with van der Waals surface area (Å²) in [5.74, 6) is -2.63. The van der Waals surface area contributed by atoms with Gasteiger partial charge in [0.1, 0.15) is 5.92 Å². The van der Waals surface area contributed by atoms with E-state index >= 15 is 0 Å². The Morgan fingerprint density at radius 2 is 1.83 bits per heavy atom. The predicted octanol–water partition coefficient (Wildman–Crippen LogP) is 2.32. The lowest BCUT2D eigenvalue weighted by Gasteiger charge is -2.01. The van der Waals surface area contributed by atoms with Gasteiger partial charge < -0.3 is 0 Å². The molecule has 1 aromatic rings. The maximum Gasteiger partial charge on any atom is 0.188 e. The molecular weight excluding hydrogens is 296 g/mol. The van der Waals surface area contributed by atoms with Gasteiger partial charge in [-0.1, -0.05) is 36.4 Å². The number of hydrogen-bond donors (Lipinski definition) is 0. The Balaban J connectivity index is 2.13. The van der Waals surface area contributed by atoms with Gasteiger partial charge in [-0.15, -0.1) is 0 Å². The van der Waals surface area contributed by atoms with Crippen LogP contribution in [0.25, 0.3) is 6.08 Å². The van der Waals surface area contributed by atoms with Gasteiger partial charge >= 0.3 is 0 Å². The van der Waals surface area contributed by atoms with Crippen LogP contribution in [0, 0.1) is 5.92 Å². The zero-order valence-electron chi connectivity index (χ0n) is 9.30. The van der Waals surface area contributed by atoms with Crippen molar-refractivity contribution in [2.45, 2.75) is 0 Å². The van der Waals surface area contributed by atoms with Crippen molar-refractivity contribution >= 4 is 39.4 Å². The lowest BCUT2D eigenvalue weighted by Crippen LogP contribution is -2.24. The maximum absolute atomic E-state index is 11.8. The fraction of sp³-hybridized carbons (Fsp3) is 0.0714. The molecule has 0 aliphatic heterocycles. The largest absolute Gasteiger partial charge is 0.294 e. The summed E-state index contributed by atoms with van der Waals surface area (Å²) in [5.41, 5.74) is 0.843. The Morgan fingerprint density at radius 1 is 1.17 bits per heavy atom. The summed E-state index contributed by atoms with van der Waals surface area (Å²) >= 11 is 2.96. The van der Waals surface area contributed by atoms with Crippen molar-refractivity contribution in [3.05, 3.63) is 52.5 Å². The molecule has 3 nitrogen and oxygen atoms in total. The van der Waals surface area contributed by atoms with E-state index in [1.165, 1.54) is 6.08 Å². The fourth-order valence-electron chi connectivity index (χ4n) is 1.65. The van der Waals surface area contributed by atoms with Crippen molar-refractivity contribution in [3.8, 4) is 0 Å². The maximum atomic E-state index is 11.8. The molecule has 0 bridgehead atoms. The zero-order chi connectivity index (χ0) is 13.1. The quantitative estimate of drug-likeness (QED) is 0.636. The summed E-state index contributed by atoms with van der Waals surface area (Å²) in [5, 5.41) is 0. The molecule has 0 saturated carbocycles. The number of Topliss-reactive ketones (excluding diaryl/α,β-unsaturated/α-hetero) is 1. The molecule has 1 unspecified atom stereocenters. The molecule has 0 heterocycles. The molecule has 18 heavy (non-hydrogen) atoms. The molecule has 0 aromatic heterocycles. The first-order chi connectivity index (χ1) is 8.59. The molecule has 1 aromatic carbocycles. The van der Waals surface area contributed by atoms with E-state index in [1.807, 2.05) is 30.3 Å². The summed E-state index contributed by atoms with van der Waals surface area (Å²) < 4.78 is 0.166. The third-order valence-electron chi connectivity index (χ3n) is 2.58. The Kier molecular flexibility index (Phi) is 3.67. The molecule has 0 fully saturated rings. The molecule has 4 heteroatoms. The lowest BCUT2D eigenvalue weighted by atomic mass is 9.99. The van der Waals surface area contributed by atoms with E-state index in [-0.39, 0.29) is 4.48 Å². The van der Waals surface area contributed by atoms with Gasteiger partial charge in [-0.2, -0.15) is 0 Å². The standard InChI is InChI=1S/C14H9BrO3/c15-10-8-12(17)13(14(10)18)11(16)7-6-9-4-2-1-3-5-9/h1-8,13H. The van der Waals surface area contributed by atoms with E-state index in [9.17, 15) is 14.4 Å². The molecule has 0 spiro atoms. The van der Waals surface area contributed by atoms with Crippen molar-refractivity contribution in [2.24, 2.45) is 5.92 Å². The minimum atomic E-state index is -1.21. The van der Waals surface area contributed by atoms with Gasteiger partial charge in [0.05, 0.1) is 4.48 Å². The highest BCUT2D eigenvalue weighted by molar-refractivity contribution is 9.12. The summed E-state index contributed by atoms with van der Waals surface area (Å²) in [6, 6.07) is 9.21. The van der Waals surface area contributed by atoms with Crippen molar-refractivity contribution in [1.29, 1.82) is 0 Å². The number of carbonyl (C=O) groups excluding carboxylic acids is 3. The Labute approximate surface area is 112 Å². The second kappa shape index (κ2) is 5.23. The van der Waals surface area contributed by atoms with Crippen LogP contribution in [0.4, 0.5) is 0 Å². The fourth-order valence-corrected chi connectivity index (χ4v) is 2.11. The van der Waals surface area contributed by atoms with Gasteiger partial charge in [-0.05, 0) is 27.6 Å². The third-order valence-corrected chi connectivity index (χ3v) is 3.19. The highest BCUT2D eigenvalue weighted by atomic mass is 79.9. The van der Waals surface area contributed by atoms with Gasteiger partial charge in [0.15, 0.2) is 17.3 Å². The first-order valence-electron chi connectivity index (χ1n) is 5.32. The van der Waals surface area contributed by atoms with Gasteiger partial charge in [0.2, 0.25) is 0 Å². The van der Waals surface area contributed by atoms with E-state index in [2.05, 4.69) is 15.9 Å². The molecule has 1 aliphatic carbocycles. The number of carbonyl (C=O) groups is 3. The Hall–Kier alpha value is -1.81. The number of rotatable bonds is 3. The van der Waals surface area contributed by atoms with Crippen LogP contribution in [0.2, 0.25) is 0 Å². The summed E-state index contributed by atoms with van der Waals surface area (Å²) in [7, 11) is 0. The highest BCUT2D eigenvalue weighted by Gasteiger charge is 2.37. The number of hydrogen-bond acceptors (Lipinski definition) is 3. The number of benzene rings is 1. The van der Waals surface area contributed by atoms with Crippen molar-refractivity contribution in [1.82, 2.24) is 0 Å².